The third kappa shape index (κ3) is 5.41. The van der Waals surface area contributed by atoms with Gasteiger partial charge in [0.15, 0.2) is 0 Å². The van der Waals surface area contributed by atoms with Crippen molar-refractivity contribution in [2.45, 2.75) is 82.6 Å². The maximum Gasteiger partial charge on any atom is 0.349 e. The fraction of sp³-hybridized carbons (Fsp3) is 0.469. The monoisotopic (exact) mass is 591 g/mol. The van der Waals surface area contributed by atoms with Gasteiger partial charge in [-0.3, -0.25) is 4.79 Å². The zero-order chi connectivity index (χ0) is 28.6. The van der Waals surface area contributed by atoms with Crippen molar-refractivity contribution >= 4 is 46.0 Å². The summed E-state index contributed by atoms with van der Waals surface area (Å²) >= 11 is 2.80. The summed E-state index contributed by atoms with van der Waals surface area (Å²) in [5.41, 5.74) is 3.69. The number of aliphatic hydroxyl groups is 1. The molecule has 0 radical (unpaired) electrons. The summed E-state index contributed by atoms with van der Waals surface area (Å²) in [7, 11) is 2.19. The molecule has 7 nitrogen and oxygen atoms in total. The molecule has 6 rings (SSSR count). The van der Waals surface area contributed by atoms with Gasteiger partial charge in [0, 0.05) is 23.0 Å². The van der Waals surface area contributed by atoms with E-state index in [0.717, 1.165) is 86.7 Å². The predicted octanol–water partition coefficient (Wildman–Crippen LogP) is 5.88. The van der Waals surface area contributed by atoms with Crippen LogP contribution in [-0.2, 0) is 34.5 Å². The summed E-state index contributed by atoms with van der Waals surface area (Å²) in [5.74, 6) is -0.571. The second kappa shape index (κ2) is 11.8. The van der Waals surface area contributed by atoms with Gasteiger partial charge in [0.05, 0.1) is 27.1 Å². The third-order valence-corrected chi connectivity index (χ3v) is 10.9. The molecule has 9 heteroatoms. The van der Waals surface area contributed by atoms with E-state index in [2.05, 4.69) is 21.5 Å². The van der Waals surface area contributed by atoms with Crippen molar-refractivity contribution in [2.75, 3.05) is 13.6 Å². The van der Waals surface area contributed by atoms with Crippen LogP contribution >= 0.6 is 22.7 Å². The smallest absolute Gasteiger partial charge is 0.349 e. The maximum absolute atomic E-state index is 13.4. The van der Waals surface area contributed by atoms with Crippen LogP contribution in [0, 0.1) is 6.92 Å². The maximum atomic E-state index is 13.4. The van der Waals surface area contributed by atoms with Crippen LogP contribution in [0.2, 0.25) is 0 Å². The van der Waals surface area contributed by atoms with Crippen molar-refractivity contribution in [3.8, 4) is 0 Å². The molecule has 0 saturated heterocycles. The highest BCUT2D eigenvalue weighted by Gasteiger charge is 2.45. The molecular formula is C32H37N3O4S2. The molecule has 2 aliphatic carbocycles. The molecule has 0 spiro atoms. The van der Waals surface area contributed by atoms with Crippen molar-refractivity contribution in [1.82, 2.24) is 14.5 Å². The third-order valence-electron chi connectivity index (χ3n) is 8.86. The molecule has 216 valence electrons. The molecule has 0 bridgehead atoms. The molecule has 1 N–H and O–H groups in total. The van der Waals surface area contributed by atoms with E-state index < -0.39 is 11.6 Å². The van der Waals surface area contributed by atoms with Gasteiger partial charge < -0.3 is 19.3 Å². The zero-order valence-corrected chi connectivity index (χ0v) is 25.3. The first-order chi connectivity index (χ1) is 19.9. The van der Waals surface area contributed by atoms with Crippen LogP contribution in [0.5, 0.6) is 0 Å². The van der Waals surface area contributed by atoms with E-state index in [9.17, 15) is 14.7 Å². The molecule has 1 atom stereocenters. The summed E-state index contributed by atoms with van der Waals surface area (Å²) in [4.78, 5) is 34.3. The number of imidazole rings is 1. The Morgan fingerprint density at radius 2 is 2.00 bits per heavy atom. The number of rotatable bonds is 10. The summed E-state index contributed by atoms with van der Waals surface area (Å²) in [6.07, 6.45) is 10.3. The Morgan fingerprint density at radius 1 is 1.20 bits per heavy atom. The molecule has 0 amide bonds. The predicted molar refractivity (Wildman–Crippen MR) is 163 cm³/mol. The standard InChI is InChI=1S/C32H37N3O4S2/c1-21-9-14-29(41-21)32(38,28-8-4-17-40-28)31(37)39-24-12-10-23(11-13-24)34(2)15-5-16-35-20-33-27-18-22(19-36)25-6-3-7-26(25)30(27)35/h4,8-9,14,17-20,23-24,38H,3,5-7,10-13,15-16H2,1-2H3/t23-,24-,32-/m1/s1. The Bertz CT molecular complexity index is 1530. The number of thiophene rings is 2. The highest BCUT2D eigenvalue weighted by atomic mass is 32.1. The van der Waals surface area contributed by atoms with Crippen LogP contribution in [0.3, 0.4) is 0 Å². The van der Waals surface area contributed by atoms with Crippen LogP contribution in [-0.4, -0.2) is 57.6 Å². The largest absolute Gasteiger partial charge is 0.460 e. The molecule has 2 aliphatic rings. The number of aromatic nitrogens is 2. The van der Waals surface area contributed by atoms with Gasteiger partial charge in [0.2, 0.25) is 5.60 Å². The Kier molecular flexibility index (Phi) is 8.14. The number of hydrogen-bond donors (Lipinski definition) is 1. The van der Waals surface area contributed by atoms with E-state index in [1.165, 1.54) is 39.3 Å². The number of ether oxygens (including phenoxy) is 1. The summed E-state index contributed by atoms with van der Waals surface area (Å²) in [6.45, 7) is 3.84. The highest BCUT2D eigenvalue weighted by Crippen LogP contribution is 2.39. The van der Waals surface area contributed by atoms with E-state index in [4.69, 9.17) is 4.74 Å². The Hall–Kier alpha value is -2.85. The summed E-state index contributed by atoms with van der Waals surface area (Å²) in [6, 6.07) is 9.80. The molecule has 1 fully saturated rings. The number of esters is 1. The van der Waals surface area contributed by atoms with Gasteiger partial charge in [-0.15, -0.1) is 22.7 Å². The molecule has 0 aliphatic heterocycles. The Labute approximate surface area is 248 Å². The van der Waals surface area contributed by atoms with E-state index in [1.807, 2.05) is 42.9 Å². The van der Waals surface area contributed by atoms with Gasteiger partial charge >= 0.3 is 5.97 Å². The van der Waals surface area contributed by atoms with E-state index >= 15 is 0 Å². The lowest BCUT2D eigenvalue weighted by atomic mass is 9.91. The van der Waals surface area contributed by atoms with E-state index in [0.29, 0.717) is 15.8 Å². The van der Waals surface area contributed by atoms with Gasteiger partial charge in [0.1, 0.15) is 12.4 Å². The molecule has 4 aromatic rings. The quantitative estimate of drug-likeness (QED) is 0.183. The van der Waals surface area contributed by atoms with Crippen molar-refractivity contribution in [1.29, 1.82) is 0 Å². The number of carbonyl (C=O) groups is 2. The lowest BCUT2D eigenvalue weighted by molar-refractivity contribution is -0.169. The average Bonchev–Trinajstić information content (AvgIpc) is 3.79. The molecule has 41 heavy (non-hydrogen) atoms. The van der Waals surface area contributed by atoms with Gasteiger partial charge in [-0.05, 0) is 113 Å². The number of hydrogen-bond acceptors (Lipinski definition) is 8. The minimum Gasteiger partial charge on any atom is -0.460 e. The normalized spacial score (nSPS) is 20.3. The fourth-order valence-corrected chi connectivity index (χ4v) is 8.46. The van der Waals surface area contributed by atoms with Crippen molar-refractivity contribution in [3.63, 3.8) is 0 Å². The van der Waals surface area contributed by atoms with Crippen LogP contribution in [0.1, 0.15) is 74.6 Å². The average molecular weight is 592 g/mol. The van der Waals surface area contributed by atoms with Crippen LogP contribution in [0.25, 0.3) is 11.0 Å². The second-order valence-corrected chi connectivity index (χ2v) is 13.7. The van der Waals surface area contributed by atoms with Gasteiger partial charge in [-0.1, -0.05) is 6.07 Å². The van der Waals surface area contributed by atoms with Gasteiger partial charge in [0.25, 0.3) is 0 Å². The molecule has 1 aromatic carbocycles. The number of nitrogens with zero attached hydrogens (tertiary/aromatic N) is 3. The summed E-state index contributed by atoms with van der Waals surface area (Å²) < 4.78 is 8.24. The molecular weight excluding hydrogens is 555 g/mol. The van der Waals surface area contributed by atoms with Crippen molar-refractivity contribution < 1.29 is 19.4 Å². The fourth-order valence-electron chi connectivity index (χ4n) is 6.61. The lowest BCUT2D eigenvalue weighted by Gasteiger charge is -2.35. The highest BCUT2D eigenvalue weighted by molar-refractivity contribution is 7.13. The molecule has 3 heterocycles. The minimum absolute atomic E-state index is 0.185. The SMILES string of the molecule is Cc1ccc([C@@](O)(C(=O)O[C@H]2CC[C@H](N(C)CCCn3cnc4cc(C=O)c5c(c43)CCC5)CC2)c2cccs2)s1. The Morgan fingerprint density at radius 3 is 2.71 bits per heavy atom. The molecule has 0 unspecified atom stereocenters. The number of carbonyl (C=O) groups excluding carboxylic acids is 2. The second-order valence-electron chi connectivity index (χ2n) is 11.5. The van der Waals surface area contributed by atoms with Gasteiger partial charge in [-0.2, -0.15) is 0 Å². The molecule has 1 saturated carbocycles. The summed E-state index contributed by atoms with van der Waals surface area (Å²) in [5, 5.41) is 13.5. The number of fused-ring (bicyclic) bond motifs is 3. The first-order valence-corrected chi connectivity index (χ1v) is 16.3. The van der Waals surface area contributed by atoms with Crippen molar-refractivity contribution in [3.05, 3.63) is 73.4 Å². The van der Waals surface area contributed by atoms with Crippen LogP contribution in [0.4, 0.5) is 0 Å². The minimum atomic E-state index is -1.76. The first kappa shape index (κ1) is 28.3. The van der Waals surface area contributed by atoms with E-state index in [-0.39, 0.29) is 6.10 Å². The number of benzene rings is 1. The number of aryl methyl sites for hydroxylation is 3. The zero-order valence-electron chi connectivity index (χ0n) is 23.7. The molecule has 3 aromatic heterocycles. The van der Waals surface area contributed by atoms with E-state index in [1.54, 1.807) is 6.07 Å². The van der Waals surface area contributed by atoms with Crippen LogP contribution < -0.4 is 0 Å². The lowest BCUT2D eigenvalue weighted by Crippen LogP contribution is -2.42. The van der Waals surface area contributed by atoms with Crippen LogP contribution in [0.15, 0.2) is 42.0 Å². The first-order valence-electron chi connectivity index (χ1n) is 14.6. The number of aldehydes is 1. The topological polar surface area (TPSA) is 84.7 Å². The Balaban J connectivity index is 1.03. The van der Waals surface area contributed by atoms with Gasteiger partial charge in [-0.25, -0.2) is 9.78 Å². The van der Waals surface area contributed by atoms with Crippen molar-refractivity contribution in [2.24, 2.45) is 0 Å².